The van der Waals surface area contributed by atoms with Crippen molar-refractivity contribution in [3.8, 4) is 0 Å². The van der Waals surface area contributed by atoms with E-state index >= 15 is 0 Å². The van der Waals surface area contributed by atoms with Crippen LogP contribution in [0.5, 0.6) is 0 Å². The highest BCUT2D eigenvalue weighted by atomic mass is 79.9. The van der Waals surface area contributed by atoms with Gasteiger partial charge in [-0.2, -0.15) is 0 Å². The summed E-state index contributed by atoms with van der Waals surface area (Å²) in [5.41, 5.74) is 7.03. The lowest BCUT2D eigenvalue weighted by atomic mass is 10.1. The molecule has 5 heteroatoms. The van der Waals surface area contributed by atoms with Crippen molar-refractivity contribution < 1.29 is 4.79 Å². The number of halogens is 2. The average Bonchev–Trinajstić information content (AvgIpc) is 2.21. The molecule has 0 saturated heterocycles. The number of nitrogens with two attached hydrogens (primary N) is 1. The van der Waals surface area contributed by atoms with Gasteiger partial charge in [0.2, 0.25) is 5.91 Å². The van der Waals surface area contributed by atoms with Gasteiger partial charge in [-0.3, -0.25) is 4.79 Å². The number of carbonyl (C=O) groups is 1. The van der Waals surface area contributed by atoms with Gasteiger partial charge in [0.05, 0.1) is 5.69 Å². The average molecular weight is 350 g/mol. The topological polar surface area (TPSA) is 55.1 Å². The third-order valence-corrected chi connectivity index (χ3v) is 3.62. The van der Waals surface area contributed by atoms with E-state index in [-0.39, 0.29) is 11.8 Å². The molecule has 1 unspecified atom stereocenters. The fraction of sp³-hybridized carbons (Fsp3) is 0.364. The summed E-state index contributed by atoms with van der Waals surface area (Å²) >= 11 is 6.75. The third-order valence-electron chi connectivity index (χ3n) is 2.37. The Morgan fingerprint density at radius 1 is 1.44 bits per heavy atom. The lowest BCUT2D eigenvalue weighted by Gasteiger charge is -2.13. The van der Waals surface area contributed by atoms with Crippen LogP contribution in [0.4, 0.5) is 11.4 Å². The third kappa shape index (κ3) is 3.22. The summed E-state index contributed by atoms with van der Waals surface area (Å²) in [5, 5.41) is 2.87. The normalized spacial score (nSPS) is 12.2. The van der Waals surface area contributed by atoms with Crippen LogP contribution in [0.15, 0.2) is 21.1 Å². The van der Waals surface area contributed by atoms with Gasteiger partial charge >= 0.3 is 0 Å². The van der Waals surface area contributed by atoms with Crippen molar-refractivity contribution >= 4 is 49.1 Å². The van der Waals surface area contributed by atoms with Crippen LogP contribution in [0.2, 0.25) is 0 Å². The summed E-state index contributed by atoms with van der Waals surface area (Å²) in [5.74, 6) is 0.00465. The van der Waals surface area contributed by atoms with Crippen molar-refractivity contribution in [2.24, 2.45) is 5.92 Å². The number of amides is 1. The van der Waals surface area contributed by atoms with E-state index in [9.17, 15) is 4.79 Å². The molecule has 0 spiro atoms. The molecule has 88 valence electrons. The summed E-state index contributed by atoms with van der Waals surface area (Å²) < 4.78 is 1.55. The number of carbonyl (C=O) groups excluding carboxylic acids is 1. The Morgan fingerprint density at radius 2 is 1.94 bits per heavy atom. The Labute approximate surface area is 112 Å². The van der Waals surface area contributed by atoms with Gasteiger partial charge in [-0.1, -0.05) is 13.8 Å². The first-order valence-electron chi connectivity index (χ1n) is 5.01. The molecule has 3 nitrogen and oxygen atoms in total. The second kappa shape index (κ2) is 5.68. The molecule has 1 amide bonds. The maximum absolute atomic E-state index is 11.7. The SMILES string of the molecule is CCC(C)C(=O)Nc1c(Br)cc(N)cc1Br. The van der Waals surface area contributed by atoms with Crippen molar-refractivity contribution in [2.45, 2.75) is 20.3 Å². The maximum atomic E-state index is 11.7. The molecule has 1 aromatic carbocycles. The molecule has 1 aromatic rings. The zero-order chi connectivity index (χ0) is 12.3. The number of nitrogens with one attached hydrogen (secondary N) is 1. The predicted molar refractivity (Wildman–Crippen MR) is 74.3 cm³/mol. The Balaban J connectivity index is 2.93. The Kier molecular flexibility index (Phi) is 4.80. The van der Waals surface area contributed by atoms with E-state index in [0.29, 0.717) is 5.69 Å². The highest BCUT2D eigenvalue weighted by Crippen LogP contribution is 2.33. The van der Waals surface area contributed by atoms with Crippen LogP contribution in [0.1, 0.15) is 20.3 Å². The fourth-order valence-corrected chi connectivity index (χ4v) is 2.56. The van der Waals surface area contributed by atoms with Gasteiger partial charge in [-0.25, -0.2) is 0 Å². The van der Waals surface area contributed by atoms with Crippen LogP contribution in [0.25, 0.3) is 0 Å². The highest BCUT2D eigenvalue weighted by molar-refractivity contribution is 9.11. The molecule has 1 atom stereocenters. The van der Waals surface area contributed by atoms with Crippen LogP contribution < -0.4 is 11.1 Å². The standard InChI is InChI=1S/C11H14Br2N2O/c1-3-6(2)11(16)15-10-8(12)4-7(14)5-9(10)13/h4-6H,3,14H2,1-2H3,(H,15,16). The quantitative estimate of drug-likeness (QED) is 0.816. The van der Waals surface area contributed by atoms with Gasteiger partial charge in [-0.15, -0.1) is 0 Å². The van der Waals surface area contributed by atoms with Gasteiger partial charge < -0.3 is 11.1 Å². The molecule has 0 radical (unpaired) electrons. The molecule has 0 bridgehead atoms. The van der Waals surface area contributed by atoms with E-state index in [4.69, 9.17) is 5.73 Å². The van der Waals surface area contributed by atoms with E-state index in [1.807, 2.05) is 13.8 Å². The second-order valence-electron chi connectivity index (χ2n) is 3.66. The number of hydrogen-bond acceptors (Lipinski definition) is 2. The zero-order valence-electron chi connectivity index (χ0n) is 9.18. The number of nitrogen functional groups attached to an aromatic ring is 1. The van der Waals surface area contributed by atoms with Crippen LogP contribution in [-0.2, 0) is 4.79 Å². The lowest BCUT2D eigenvalue weighted by molar-refractivity contribution is -0.119. The Hall–Kier alpha value is -0.550. The van der Waals surface area contributed by atoms with E-state index in [1.165, 1.54) is 0 Å². The van der Waals surface area contributed by atoms with Gasteiger partial charge in [0.15, 0.2) is 0 Å². The van der Waals surface area contributed by atoms with Gasteiger partial charge in [0.1, 0.15) is 0 Å². The van der Waals surface area contributed by atoms with Crippen molar-refractivity contribution in [3.05, 3.63) is 21.1 Å². The second-order valence-corrected chi connectivity index (χ2v) is 5.37. The summed E-state index contributed by atoms with van der Waals surface area (Å²) in [4.78, 5) is 11.7. The van der Waals surface area contributed by atoms with Gasteiger partial charge in [-0.05, 0) is 50.4 Å². The molecule has 3 N–H and O–H groups in total. The van der Waals surface area contributed by atoms with E-state index in [2.05, 4.69) is 37.2 Å². The minimum atomic E-state index is -0.00338. The fourth-order valence-electron chi connectivity index (χ4n) is 1.14. The van der Waals surface area contributed by atoms with Gasteiger partial charge in [0.25, 0.3) is 0 Å². The number of benzene rings is 1. The first kappa shape index (κ1) is 13.5. The number of rotatable bonds is 3. The van der Waals surface area contributed by atoms with Crippen molar-refractivity contribution in [1.82, 2.24) is 0 Å². The van der Waals surface area contributed by atoms with Crippen molar-refractivity contribution in [2.75, 3.05) is 11.1 Å². The monoisotopic (exact) mass is 348 g/mol. The molecule has 0 aliphatic heterocycles. The first-order valence-corrected chi connectivity index (χ1v) is 6.59. The summed E-state index contributed by atoms with van der Waals surface area (Å²) in [6, 6.07) is 3.52. The largest absolute Gasteiger partial charge is 0.399 e. The molecule has 0 fully saturated rings. The zero-order valence-corrected chi connectivity index (χ0v) is 12.4. The summed E-state index contributed by atoms with van der Waals surface area (Å²) in [6.45, 7) is 3.88. The predicted octanol–water partition coefficient (Wildman–Crippen LogP) is 3.78. The smallest absolute Gasteiger partial charge is 0.227 e. The van der Waals surface area contributed by atoms with Crippen LogP contribution in [0.3, 0.4) is 0 Å². The number of hydrogen-bond donors (Lipinski definition) is 2. The molecular weight excluding hydrogens is 336 g/mol. The van der Waals surface area contributed by atoms with Crippen LogP contribution in [0, 0.1) is 5.92 Å². The minimum Gasteiger partial charge on any atom is -0.399 e. The molecule has 16 heavy (non-hydrogen) atoms. The van der Waals surface area contributed by atoms with Gasteiger partial charge in [0, 0.05) is 20.6 Å². The van der Waals surface area contributed by atoms with E-state index < -0.39 is 0 Å². The van der Waals surface area contributed by atoms with E-state index in [1.54, 1.807) is 12.1 Å². The van der Waals surface area contributed by atoms with Crippen molar-refractivity contribution in [3.63, 3.8) is 0 Å². The number of anilines is 2. The Morgan fingerprint density at radius 3 is 2.38 bits per heavy atom. The minimum absolute atomic E-state index is 0.00338. The highest BCUT2D eigenvalue weighted by Gasteiger charge is 2.14. The molecule has 1 rings (SSSR count). The molecule has 0 aliphatic rings. The molecule has 0 saturated carbocycles. The molecule has 0 aliphatic carbocycles. The molecule has 0 heterocycles. The van der Waals surface area contributed by atoms with Crippen LogP contribution >= 0.6 is 31.9 Å². The maximum Gasteiger partial charge on any atom is 0.227 e. The van der Waals surface area contributed by atoms with E-state index in [0.717, 1.165) is 21.1 Å². The summed E-state index contributed by atoms with van der Waals surface area (Å²) in [6.07, 6.45) is 0.816. The van der Waals surface area contributed by atoms with Crippen LogP contribution in [-0.4, -0.2) is 5.91 Å². The lowest BCUT2D eigenvalue weighted by Crippen LogP contribution is -2.20. The molecule has 0 aromatic heterocycles. The molecular formula is C11H14Br2N2O. The first-order chi connectivity index (χ1) is 7.45. The van der Waals surface area contributed by atoms with Crippen molar-refractivity contribution in [1.29, 1.82) is 0 Å². The summed E-state index contributed by atoms with van der Waals surface area (Å²) in [7, 11) is 0. The Bertz CT molecular complexity index is 384.